The molecule has 0 aliphatic heterocycles. The molecule has 2 aromatic carbocycles. The molecule has 0 saturated carbocycles. The molecule has 5 heteroatoms. The normalized spacial score (nSPS) is 10.3. The van der Waals surface area contributed by atoms with Crippen molar-refractivity contribution in [3.8, 4) is 28.5 Å². The van der Waals surface area contributed by atoms with Crippen molar-refractivity contribution in [2.75, 3.05) is 6.26 Å². The van der Waals surface area contributed by atoms with Crippen LogP contribution in [0.2, 0.25) is 0 Å². The fraction of sp³-hybridized carbons (Fsp3) is 0.0625. The number of nitrogens with one attached hydrogen (secondary N) is 1. The zero-order valence-electron chi connectivity index (χ0n) is 11.4. The van der Waals surface area contributed by atoms with E-state index in [1.807, 2.05) is 30.3 Å². The SMILES string of the molecule is CSc1ccc(-c2cccc(-c3n[nH]nc3C#N)c2)cc1. The Hall–Kier alpha value is -2.58. The second kappa shape index (κ2) is 5.81. The Morgan fingerprint density at radius 1 is 1.00 bits per heavy atom. The molecular weight excluding hydrogens is 280 g/mol. The Labute approximate surface area is 126 Å². The monoisotopic (exact) mass is 292 g/mol. The number of rotatable bonds is 3. The molecule has 0 bridgehead atoms. The van der Waals surface area contributed by atoms with Gasteiger partial charge in [-0.15, -0.1) is 16.9 Å². The van der Waals surface area contributed by atoms with E-state index in [0.29, 0.717) is 11.4 Å². The molecule has 102 valence electrons. The van der Waals surface area contributed by atoms with Crippen molar-refractivity contribution in [1.29, 1.82) is 5.26 Å². The molecule has 0 unspecified atom stereocenters. The first-order chi connectivity index (χ1) is 10.3. The Bertz CT molecular complexity index is 800. The summed E-state index contributed by atoms with van der Waals surface area (Å²) in [5.74, 6) is 0. The van der Waals surface area contributed by atoms with Crippen molar-refractivity contribution in [3.05, 3.63) is 54.2 Å². The van der Waals surface area contributed by atoms with Crippen LogP contribution < -0.4 is 0 Å². The van der Waals surface area contributed by atoms with Gasteiger partial charge in [0.25, 0.3) is 0 Å². The van der Waals surface area contributed by atoms with Crippen LogP contribution in [-0.4, -0.2) is 21.7 Å². The van der Waals surface area contributed by atoms with E-state index < -0.39 is 0 Å². The van der Waals surface area contributed by atoms with E-state index in [2.05, 4.69) is 45.9 Å². The van der Waals surface area contributed by atoms with Crippen LogP contribution in [0.4, 0.5) is 0 Å². The van der Waals surface area contributed by atoms with Crippen molar-refractivity contribution < 1.29 is 0 Å². The van der Waals surface area contributed by atoms with E-state index in [-0.39, 0.29) is 0 Å². The van der Waals surface area contributed by atoms with E-state index in [1.54, 1.807) is 11.8 Å². The zero-order valence-corrected chi connectivity index (χ0v) is 12.2. The number of nitriles is 1. The van der Waals surface area contributed by atoms with Gasteiger partial charge in [-0.05, 0) is 35.6 Å². The van der Waals surface area contributed by atoms with Gasteiger partial charge in [0, 0.05) is 10.5 Å². The maximum atomic E-state index is 9.04. The smallest absolute Gasteiger partial charge is 0.190 e. The number of hydrogen-bond acceptors (Lipinski definition) is 4. The second-order valence-electron chi connectivity index (χ2n) is 4.44. The summed E-state index contributed by atoms with van der Waals surface area (Å²) < 4.78 is 0. The first-order valence-corrected chi connectivity index (χ1v) is 7.60. The number of H-pyrrole nitrogens is 1. The maximum Gasteiger partial charge on any atom is 0.190 e. The third kappa shape index (κ3) is 2.67. The molecule has 0 atom stereocenters. The Kier molecular flexibility index (Phi) is 3.71. The number of benzene rings is 2. The van der Waals surface area contributed by atoms with Crippen LogP contribution in [0.5, 0.6) is 0 Å². The van der Waals surface area contributed by atoms with Gasteiger partial charge in [0.2, 0.25) is 0 Å². The van der Waals surface area contributed by atoms with Gasteiger partial charge in [-0.2, -0.15) is 15.6 Å². The minimum absolute atomic E-state index is 0.310. The van der Waals surface area contributed by atoms with Gasteiger partial charge in [0.05, 0.1) is 0 Å². The maximum absolute atomic E-state index is 9.04. The van der Waals surface area contributed by atoms with Crippen molar-refractivity contribution in [2.45, 2.75) is 4.90 Å². The van der Waals surface area contributed by atoms with Crippen LogP contribution >= 0.6 is 11.8 Å². The highest BCUT2D eigenvalue weighted by atomic mass is 32.2. The van der Waals surface area contributed by atoms with E-state index in [1.165, 1.54) is 4.90 Å². The van der Waals surface area contributed by atoms with Gasteiger partial charge in [0.1, 0.15) is 11.8 Å². The Balaban J connectivity index is 2.02. The van der Waals surface area contributed by atoms with Gasteiger partial charge in [0.15, 0.2) is 5.69 Å². The lowest BCUT2D eigenvalue weighted by atomic mass is 10.0. The molecule has 0 aliphatic rings. The highest BCUT2D eigenvalue weighted by Gasteiger charge is 2.10. The Morgan fingerprint density at radius 2 is 1.76 bits per heavy atom. The summed E-state index contributed by atoms with van der Waals surface area (Å²) in [7, 11) is 0. The van der Waals surface area contributed by atoms with Crippen LogP contribution in [-0.2, 0) is 0 Å². The highest BCUT2D eigenvalue weighted by Crippen LogP contribution is 2.27. The Morgan fingerprint density at radius 3 is 2.48 bits per heavy atom. The molecule has 0 radical (unpaired) electrons. The molecular formula is C16H12N4S. The van der Waals surface area contributed by atoms with Gasteiger partial charge in [-0.1, -0.05) is 30.3 Å². The zero-order chi connectivity index (χ0) is 14.7. The van der Waals surface area contributed by atoms with E-state index in [0.717, 1.165) is 16.7 Å². The van der Waals surface area contributed by atoms with E-state index in [4.69, 9.17) is 5.26 Å². The van der Waals surface area contributed by atoms with Crippen molar-refractivity contribution >= 4 is 11.8 Å². The van der Waals surface area contributed by atoms with Crippen LogP contribution in [0.3, 0.4) is 0 Å². The molecule has 3 aromatic rings. The minimum Gasteiger partial charge on any atom is -0.196 e. The minimum atomic E-state index is 0.310. The van der Waals surface area contributed by atoms with Crippen LogP contribution in [0.25, 0.3) is 22.4 Å². The molecule has 3 rings (SSSR count). The molecule has 1 N–H and O–H groups in total. The number of aromatic nitrogens is 3. The molecule has 21 heavy (non-hydrogen) atoms. The lowest BCUT2D eigenvalue weighted by molar-refractivity contribution is 0.937. The summed E-state index contributed by atoms with van der Waals surface area (Å²) in [4.78, 5) is 1.23. The van der Waals surface area contributed by atoms with Crippen molar-refractivity contribution in [3.63, 3.8) is 0 Å². The molecule has 1 heterocycles. The number of thioether (sulfide) groups is 1. The van der Waals surface area contributed by atoms with E-state index >= 15 is 0 Å². The highest BCUT2D eigenvalue weighted by molar-refractivity contribution is 7.98. The number of nitrogens with zero attached hydrogens (tertiary/aromatic N) is 3. The lowest BCUT2D eigenvalue weighted by Gasteiger charge is -2.05. The van der Waals surface area contributed by atoms with Gasteiger partial charge < -0.3 is 0 Å². The van der Waals surface area contributed by atoms with Crippen molar-refractivity contribution in [1.82, 2.24) is 15.4 Å². The first-order valence-electron chi connectivity index (χ1n) is 6.37. The quantitative estimate of drug-likeness (QED) is 0.747. The standard InChI is InChI=1S/C16H12N4S/c1-21-14-7-5-11(6-8-14)12-3-2-4-13(9-12)16-15(10-17)18-20-19-16/h2-9H,1H3,(H,18,19,20). The summed E-state index contributed by atoms with van der Waals surface area (Å²) in [5, 5.41) is 19.4. The number of aromatic amines is 1. The fourth-order valence-electron chi connectivity index (χ4n) is 2.14. The molecule has 0 saturated heterocycles. The number of hydrogen-bond donors (Lipinski definition) is 1. The average Bonchev–Trinajstić information content (AvgIpc) is 3.04. The second-order valence-corrected chi connectivity index (χ2v) is 5.32. The molecule has 1 aromatic heterocycles. The summed E-state index contributed by atoms with van der Waals surface area (Å²) in [6.45, 7) is 0. The van der Waals surface area contributed by atoms with Gasteiger partial charge in [-0.25, -0.2) is 0 Å². The molecule has 4 nitrogen and oxygen atoms in total. The van der Waals surface area contributed by atoms with Gasteiger partial charge in [-0.3, -0.25) is 0 Å². The molecule has 0 spiro atoms. The predicted octanol–water partition coefficient (Wildman–Crippen LogP) is 3.73. The van der Waals surface area contributed by atoms with E-state index in [9.17, 15) is 0 Å². The molecule has 0 aliphatic carbocycles. The largest absolute Gasteiger partial charge is 0.196 e. The summed E-state index contributed by atoms with van der Waals surface area (Å²) in [6, 6.07) is 18.4. The molecule has 0 amide bonds. The third-order valence-electron chi connectivity index (χ3n) is 3.21. The summed E-state index contributed by atoms with van der Waals surface area (Å²) >= 11 is 1.72. The van der Waals surface area contributed by atoms with Crippen LogP contribution in [0.15, 0.2) is 53.4 Å². The summed E-state index contributed by atoms with van der Waals surface area (Å²) in [6.07, 6.45) is 2.06. The van der Waals surface area contributed by atoms with Crippen LogP contribution in [0, 0.1) is 11.3 Å². The fourth-order valence-corrected chi connectivity index (χ4v) is 2.55. The topological polar surface area (TPSA) is 65.4 Å². The summed E-state index contributed by atoms with van der Waals surface area (Å²) in [5.41, 5.74) is 4.00. The van der Waals surface area contributed by atoms with Crippen molar-refractivity contribution in [2.24, 2.45) is 0 Å². The molecule has 0 fully saturated rings. The van der Waals surface area contributed by atoms with Gasteiger partial charge >= 0.3 is 0 Å². The predicted molar refractivity (Wildman–Crippen MR) is 83.8 cm³/mol. The third-order valence-corrected chi connectivity index (χ3v) is 3.96. The average molecular weight is 292 g/mol. The lowest BCUT2D eigenvalue weighted by Crippen LogP contribution is -1.84. The van der Waals surface area contributed by atoms with Crippen LogP contribution in [0.1, 0.15) is 5.69 Å². The first kappa shape index (κ1) is 13.4.